The molecule has 2 nitrogen and oxygen atoms in total. The molecule has 0 saturated heterocycles. The van der Waals surface area contributed by atoms with Crippen molar-refractivity contribution < 1.29 is 9.18 Å². The fourth-order valence-electron chi connectivity index (χ4n) is 1.60. The van der Waals surface area contributed by atoms with Gasteiger partial charge in [-0.3, -0.25) is 4.79 Å². The van der Waals surface area contributed by atoms with Gasteiger partial charge in [0.05, 0.1) is 6.42 Å². The summed E-state index contributed by atoms with van der Waals surface area (Å²) >= 11 is 2.18. The van der Waals surface area contributed by atoms with Crippen LogP contribution in [0.25, 0.3) is 0 Å². The van der Waals surface area contributed by atoms with Crippen molar-refractivity contribution >= 4 is 34.2 Å². The number of nitrogens with one attached hydrogen (secondary N) is 1. The fourth-order valence-corrected chi connectivity index (χ4v) is 2.15. The van der Waals surface area contributed by atoms with Gasteiger partial charge in [0, 0.05) is 9.26 Å². The van der Waals surface area contributed by atoms with Crippen molar-refractivity contribution in [2.45, 2.75) is 6.42 Å². The Labute approximate surface area is 118 Å². The molecule has 0 bridgehead atoms. The fraction of sp³-hybridized carbons (Fsp3) is 0.0714. The van der Waals surface area contributed by atoms with E-state index >= 15 is 0 Å². The van der Waals surface area contributed by atoms with Gasteiger partial charge in [0.25, 0.3) is 0 Å². The quantitative estimate of drug-likeness (QED) is 0.838. The molecule has 18 heavy (non-hydrogen) atoms. The molecule has 2 aromatic rings. The highest BCUT2D eigenvalue weighted by atomic mass is 127. The third-order valence-corrected chi connectivity index (χ3v) is 3.03. The van der Waals surface area contributed by atoms with Crippen LogP contribution in [0.15, 0.2) is 48.5 Å². The van der Waals surface area contributed by atoms with Crippen LogP contribution >= 0.6 is 22.6 Å². The summed E-state index contributed by atoms with van der Waals surface area (Å²) < 4.78 is 14.0. The maximum absolute atomic E-state index is 13.0. The smallest absolute Gasteiger partial charge is 0.228 e. The number of halogens is 2. The van der Waals surface area contributed by atoms with Gasteiger partial charge >= 0.3 is 0 Å². The van der Waals surface area contributed by atoms with Crippen molar-refractivity contribution in [3.63, 3.8) is 0 Å². The average Bonchev–Trinajstić information content (AvgIpc) is 2.28. The van der Waals surface area contributed by atoms with E-state index in [9.17, 15) is 9.18 Å². The van der Waals surface area contributed by atoms with Crippen LogP contribution in [0.1, 0.15) is 5.56 Å². The number of carbonyl (C=O) groups is 1. The molecule has 1 amide bonds. The summed E-state index contributed by atoms with van der Waals surface area (Å²) in [5, 5.41) is 2.78. The van der Waals surface area contributed by atoms with Crippen molar-refractivity contribution in [2.24, 2.45) is 0 Å². The minimum absolute atomic E-state index is 0.150. The summed E-state index contributed by atoms with van der Waals surface area (Å²) in [4.78, 5) is 11.8. The van der Waals surface area contributed by atoms with E-state index in [0.29, 0.717) is 5.56 Å². The van der Waals surface area contributed by atoms with Crippen molar-refractivity contribution in [2.75, 3.05) is 5.32 Å². The van der Waals surface area contributed by atoms with Gasteiger partial charge in [0.2, 0.25) is 5.91 Å². The van der Waals surface area contributed by atoms with Crippen molar-refractivity contribution in [1.29, 1.82) is 0 Å². The number of benzene rings is 2. The zero-order valence-electron chi connectivity index (χ0n) is 9.49. The molecule has 0 saturated carbocycles. The predicted octanol–water partition coefficient (Wildman–Crippen LogP) is 3.61. The Morgan fingerprint density at radius 2 is 1.94 bits per heavy atom. The first-order valence-electron chi connectivity index (χ1n) is 5.43. The number of hydrogen-bond acceptors (Lipinski definition) is 1. The molecule has 0 aliphatic carbocycles. The number of hydrogen-bond donors (Lipinski definition) is 1. The molecule has 0 aliphatic rings. The normalized spacial score (nSPS) is 10.1. The third kappa shape index (κ3) is 3.80. The van der Waals surface area contributed by atoms with E-state index < -0.39 is 0 Å². The summed E-state index contributed by atoms with van der Waals surface area (Å²) in [6.07, 6.45) is 0.170. The Kier molecular flexibility index (Phi) is 4.30. The first-order chi connectivity index (χ1) is 8.63. The SMILES string of the molecule is O=C(Cc1cccc(F)c1)Nc1cccc(I)c1. The number of anilines is 1. The lowest BCUT2D eigenvalue weighted by atomic mass is 10.1. The first kappa shape index (κ1) is 13.0. The molecule has 4 heteroatoms. The van der Waals surface area contributed by atoms with Gasteiger partial charge < -0.3 is 5.32 Å². The van der Waals surface area contributed by atoms with Gasteiger partial charge in [-0.15, -0.1) is 0 Å². The van der Waals surface area contributed by atoms with E-state index in [-0.39, 0.29) is 18.1 Å². The van der Waals surface area contributed by atoms with Gasteiger partial charge in [-0.25, -0.2) is 4.39 Å². The van der Waals surface area contributed by atoms with Crippen LogP contribution in [0, 0.1) is 9.39 Å². The van der Waals surface area contributed by atoms with Gasteiger partial charge in [-0.1, -0.05) is 18.2 Å². The Morgan fingerprint density at radius 1 is 1.17 bits per heavy atom. The van der Waals surface area contributed by atoms with Gasteiger partial charge in [0.15, 0.2) is 0 Å². The number of rotatable bonds is 3. The second-order valence-electron chi connectivity index (χ2n) is 3.87. The highest BCUT2D eigenvalue weighted by Crippen LogP contribution is 2.13. The van der Waals surface area contributed by atoms with Crippen molar-refractivity contribution in [1.82, 2.24) is 0 Å². The standard InChI is InChI=1S/C14H11FINO/c15-11-4-1-3-10(7-11)8-14(18)17-13-6-2-5-12(16)9-13/h1-7,9H,8H2,(H,17,18). The number of carbonyl (C=O) groups excluding carboxylic acids is 1. The molecule has 0 fully saturated rings. The molecule has 92 valence electrons. The molecule has 0 radical (unpaired) electrons. The lowest BCUT2D eigenvalue weighted by Gasteiger charge is -2.05. The van der Waals surface area contributed by atoms with Crippen molar-refractivity contribution in [3.05, 3.63) is 63.5 Å². The van der Waals surface area contributed by atoms with Crippen LogP contribution in [0.4, 0.5) is 10.1 Å². The topological polar surface area (TPSA) is 29.1 Å². The molecule has 0 spiro atoms. The minimum atomic E-state index is -0.324. The van der Waals surface area contributed by atoms with Crippen LogP contribution < -0.4 is 5.32 Å². The predicted molar refractivity (Wildman–Crippen MR) is 77.9 cm³/mol. The van der Waals surface area contributed by atoms with Crippen LogP contribution in [0.3, 0.4) is 0 Å². The molecule has 0 aromatic heterocycles. The summed E-state index contributed by atoms with van der Waals surface area (Å²) in [6, 6.07) is 13.6. The minimum Gasteiger partial charge on any atom is -0.326 e. The second-order valence-corrected chi connectivity index (χ2v) is 5.11. The second kappa shape index (κ2) is 5.95. The Bertz CT molecular complexity index is 522. The maximum Gasteiger partial charge on any atom is 0.228 e. The van der Waals surface area contributed by atoms with Gasteiger partial charge in [0.1, 0.15) is 5.82 Å². The lowest BCUT2D eigenvalue weighted by molar-refractivity contribution is -0.115. The molecule has 0 heterocycles. The molecule has 2 aromatic carbocycles. The molecule has 0 unspecified atom stereocenters. The van der Waals surface area contributed by atoms with E-state index in [1.165, 1.54) is 12.1 Å². The Balaban J connectivity index is 2.01. The summed E-state index contributed by atoms with van der Waals surface area (Å²) in [5.74, 6) is -0.475. The largest absolute Gasteiger partial charge is 0.326 e. The van der Waals surface area contributed by atoms with E-state index in [1.54, 1.807) is 12.1 Å². The molecular weight excluding hydrogens is 344 g/mol. The molecule has 0 atom stereocenters. The monoisotopic (exact) mass is 355 g/mol. The van der Waals surface area contributed by atoms with E-state index in [2.05, 4.69) is 27.9 Å². The van der Waals surface area contributed by atoms with E-state index in [4.69, 9.17) is 0 Å². The van der Waals surface area contributed by atoms with Crippen LogP contribution in [-0.4, -0.2) is 5.91 Å². The average molecular weight is 355 g/mol. The maximum atomic E-state index is 13.0. The van der Waals surface area contributed by atoms with Gasteiger partial charge in [-0.2, -0.15) is 0 Å². The first-order valence-corrected chi connectivity index (χ1v) is 6.51. The summed E-state index contributed by atoms with van der Waals surface area (Å²) in [5.41, 5.74) is 1.42. The van der Waals surface area contributed by atoms with Crippen molar-refractivity contribution in [3.8, 4) is 0 Å². The van der Waals surface area contributed by atoms with E-state index in [0.717, 1.165) is 9.26 Å². The Hall–Kier alpha value is -1.43. The van der Waals surface area contributed by atoms with Gasteiger partial charge in [-0.05, 0) is 58.5 Å². The van der Waals surface area contributed by atoms with Crippen LogP contribution in [0.5, 0.6) is 0 Å². The van der Waals surface area contributed by atoms with Crippen LogP contribution in [-0.2, 0) is 11.2 Å². The molecule has 1 N–H and O–H groups in total. The van der Waals surface area contributed by atoms with E-state index in [1.807, 2.05) is 24.3 Å². The lowest BCUT2D eigenvalue weighted by Crippen LogP contribution is -2.14. The number of amides is 1. The zero-order valence-corrected chi connectivity index (χ0v) is 11.6. The third-order valence-electron chi connectivity index (χ3n) is 2.36. The molecule has 2 rings (SSSR count). The highest BCUT2D eigenvalue weighted by molar-refractivity contribution is 14.1. The summed E-state index contributed by atoms with van der Waals surface area (Å²) in [7, 11) is 0. The zero-order chi connectivity index (χ0) is 13.0. The molecular formula is C14H11FINO. The molecule has 0 aliphatic heterocycles. The summed E-state index contributed by atoms with van der Waals surface area (Å²) in [6.45, 7) is 0. The Morgan fingerprint density at radius 3 is 2.67 bits per heavy atom. The highest BCUT2D eigenvalue weighted by Gasteiger charge is 2.05. The van der Waals surface area contributed by atoms with Crippen LogP contribution in [0.2, 0.25) is 0 Å².